The maximum absolute atomic E-state index is 12.5. The van der Waals surface area contributed by atoms with Crippen LogP contribution in [0.4, 0.5) is 5.69 Å². The summed E-state index contributed by atoms with van der Waals surface area (Å²) < 4.78 is 11.0. The minimum Gasteiger partial charge on any atom is -0.486 e. The van der Waals surface area contributed by atoms with Crippen molar-refractivity contribution in [3.05, 3.63) is 52.5 Å². The summed E-state index contributed by atoms with van der Waals surface area (Å²) in [6.45, 7) is 2.98. The van der Waals surface area contributed by atoms with Gasteiger partial charge in [0.2, 0.25) is 5.91 Å². The van der Waals surface area contributed by atoms with Crippen LogP contribution in [0, 0.1) is 6.92 Å². The molecule has 0 bridgehead atoms. The number of amides is 1. The average molecular weight is 332 g/mol. The molecule has 0 unspecified atom stereocenters. The Labute approximate surface area is 140 Å². The van der Waals surface area contributed by atoms with Crippen LogP contribution in [-0.2, 0) is 11.2 Å². The highest BCUT2D eigenvalue weighted by Gasteiger charge is 2.19. The van der Waals surface area contributed by atoms with Crippen LogP contribution in [0.5, 0.6) is 11.5 Å². The topological polar surface area (TPSA) is 38.8 Å². The molecule has 1 amide bonds. The molecule has 120 valence electrons. The van der Waals surface area contributed by atoms with Crippen molar-refractivity contribution in [2.75, 3.05) is 25.2 Å². The molecule has 2 aromatic carbocycles. The van der Waals surface area contributed by atoms with E-state index in [0.717, 1.165) is 16.8 Å². The number of benzene rings is 2. The number of halogens is 1. The minimum atomic E-state index is -0.0108. The molecule has 1 aliphatic rings. The van der Waals surface area contributed by atoms with Gasteiger partial charge in [-0.1, -0.05) is 23.7 Å². The zero-order valence-corrected chi connectivity index (χ0v) is 13.9. The lowest BCUT2D eigenvalue weighted by atomic mass is 10.1. The Balaban J connectivity index is 1.79. The van der Waals surface area contributed by atoms with Crippen molar-refractivity contribution >= 4 is 23.2 Å². The summed E-state index contributed by atoms with van der Waals surface area (Å²) in [5.41, 5.74) is 2.80. The van der Waals surface area contributed by atoms with Crippen LogP contribution in [-0.4, -0.2) is 26.2 Å². The molecular weight excluding hydrogens is 314 g/mol. The zero-order valence-electron chi connectivity index (χ0n) is 13.1. The quantitative estimate of drug-likeness (QED) is 0.862. The van der Waals surface area contributed by atoms with Gasteiger partial charge in [-0.05, 0) is 42.3 Å². The van der Waals surface area contributed by atoms with Gasteiger partial charge in [0.05, 0.1) is 11.4 Å². The first-order valence-corrected chi connectivity index (χ1v) is 7.83. The number of rotatable bonds is 3. The van der Waals surface area contributed by atoms with E-state index in [1.807, 2.05) is 37.3 Å². The highest BCUT2D eigenvalue weighted by Crippen LogP contribution is 2.38. The molecule has 0 spiro atoms. The number of fused-ring (bicyclic) bond motifs is 1. The van der Waals surface area contributed by atoms with Crippen LogP contribution in [0.2, 0.25) is 5.02 Å². The van der Waals surface area contributed by atoms with Crippen LogP contribution >= 0.6 is 11.6 Å². The van der Waals surface area contributed by atoms with Gasteiger partial charge in [0.15, 0.2) is 11.5 Å². The van der Waals surface area contributed by atoms with Crippen LogP contribution in [0.1, 0.15) is 11.1 Å². The molecule has 0 saturated carbocycles. The Morgan fingerprint density at radius 3 is 2.78 bits per heavy atom. The van der Waals surface area contributed by atoms with Crippen molar-refractivity contribution in [3.8, 4) is 11.5 Å². The first kappa shape index (κ1) is 15.7. The molecule has 0 aliphatic carbocycles. The Morgan fingerprint density at radius 2 is 2.00 bits per heavy atom. The van der Waals surface area contributed by atoms with Crippen LogP contribution < -0.4 is 14.4 Å². The van der Waals surface area contributed by atoms with Gasteiger partial charge in [-0.3, -0.25) is 4.79 Å². The Morgan fingerprint density at radius 1 is 1.22 bits per heavy atom. The van der Waals surface area contributed by atoms with E-state index < -0.39 is 0 Å². The van der Waals surface area contributed by atoms with Crippen molar-refractivity contribution < 1.29 is 14.3 Å². The molecule has 0 atom stereocenters. The van der Waals surface area contributed by atoms with Gasteiger partial charge in [0.25, 0.3) is 0 Å². The van der Waals surface area contributed by atoms with Crippen molar-refractivity contribution in [3.63, 3.8) is 0 Å². The first-order chi connectivity index (χ1) is 11.0. The molecule has 23 heavy (non-hydrogen) atoms. The second-order valence-corrected chi connectivity index (χ2v) is 5.98. The predicted molar refractivity (Wildman–Crippen MR) is 90.7 cm³/mol. The summed E-state index contributed by atoms with van der Waals surface area (Å²) in [7, 11) is 1.77. The SMILES string of the molecule is Cc1cccc(N(C)C(=O)Cc2cc(Cl)c3c(c2)OCCO3)c1. The van der Waals surface area contributed by atoms with Crippen molar-refractivity contribution in [1.82, 2.24) is 0 Å². The number of carbonyl (C=O) groups is 1. The molecule has 0 aromatic heterocycles. The Hall–Kier alpha value is -2.20. The third kappa shape index (κ3) is 3.42. The second-order valence-electron chi connectivity index (χ2n) is 5.57. The number of hydrogen-bond donors (Lipinski definition) is 0. The molecule has 4 nitrogen and oxygen atoms in total. The molecule has 1 aliphatic heterocycles. The summed E-state index contributed by atoms with van der Waals surface area (Å²) in [5, 5.41) is 0.475. The van der Waals surface area contributed by atoms with Gasteiger partial charge in [-0.2, -0.15) is 0 Å². The van der Waals surface area contributed by atoms with Gasteiger partial charge in [0.1, 0.15) is 13.2 Å². The van der Waals surface area contributed by atoms with E-state index in [9.17, 15) is 4.79 Å². The van der Waals surface area contributed by atoms with E-state index in [1.165, 1.54) is 0 Å². The molecule has 2 aromatic rings. The van der Waals surface area contributed by atoms with Gasteiger partial charge < -0.3 is 14.4 Å². The van der Waals surface area contributed by atoms with E-state index in [4.69, 9.17) is 21.1 Å². The fraction of sp³-hybridized carbons (Fsp3) is 0.278. The van der Waals surface area contributed by atoms with Crippen molar-refractivity contribution in [2.45, 2.75) is 13.3 Å². The fourth-order valence-electron chi connectivity index (χ4n) is 2.54. The van der Waals surface area contributed by atoms with E-state index in [1.54, 1.807) is 18.0 Å². The fourth-order valence-corrected chi connectivity index (χ4v) is 2.83. The van der Waals surface area contributed by atoms with Crippen molar-refractivity contribution in [1.29, 1.82) is 0 Å². The molecule has 0 saturated heterocycles. The maximum Gasteiger partial charge on any atom is 0.231 e. The Kier molecular flexibility index (Phi) is 4.44. The number of hydrogen-bond acceptors (Lipinski definition) is 3. The normalized spacial score (nSPS) is 12.8. The van der Waals surface area contributed by atoms with Crippen LogP contribution in [0.25, 0.3) is 0 Å². The molecule has 3 rings (SSSR count). The van der Waals surface area contributed by atoms with E-state index in [-0.39, 0.29) is 12.3 Å². The molecule has 5 heteroatoms. The zero-order chi connectivity index (χ0) is 16.4. The molecule has 0 N–H and O–H groups in total. The molecule has 0 radical (unpaired) electrons. The summed E-state index contributed by atoms with van der Waals surface area (Å²) in [6.07, 6.45) is 0.251. The lowest BCUT2D eigenvalue weighted by Gasteiger charge is -2.21. The summed E-state index contributed by atoms with van der Waals surface area (Å²) in [6, 6.07) is 11.4. The van der Waals surface area contributed by atoms with Gasteiger partial charge >= 0.3 is 0 Å². The highest BCUT2D eigenvalue weighted by atomic mass is 35.5. The lowest BCUT2D eigenvalue weighted by Crippen LogP contribution is -2.28. The molecule has 1 heterocycles. The summed E-state index contributed by atoms with van der Waals surface area (Å²) in [4.78, 5) is 14.2. The Bertz CT molecular complexity index is 745. The number of anilines is 1. The second kappa shape index (κ2) is 6.50. The number of aryl methyl sites for hydroxylation is 1. The largest absolute Gasteiger partial charge is 0.486 e. The minimum absolute atomic E-state index is 0.0108. The van der Waals surface area contributed by atoms with E-state index in [0.29, 0.717) is 29.7 Å². The standard InChI is InChI=1S/C18H18ClNO3/c1-12-4-3-5-14(8-12)20(2)17(21)11-13-9-15(19)18-16(10-13)22-6-7-23-18/h3-5,8-10H,6-7,11H2,1-2H3. The number of carbonyl (C=O) groups excluding carboxylic acids is 1. The van der Waals surface area contributed by atoms with Crippen LogP contribution in [0.15, 0.2) is 36.4 Å². The van der Waals surface area contributed by atoms with Gasteiger partial charge in [-0.25, -0.2) is 0 Å². The van der Waals surface area contributed by atoms with Gasteiger partial charge in [-0.15, -0.1) is 0 Å². The van der Waals surface area contributed by atoms with Crippen molar-refractivity contribution in [2.24, 2.45) is 0 Å². The number of likely N-dealkylation sites (N-methyl/N-ethyl adjacent to an activating group) is 1. The number of nitrogens with zero attached hydrogens (tertiary/aromatic N) is 1. The molecular formula is C18H18ClNO3. The highest BCUT2D eigenvalue weighted by molar-refractivity contribution is 6.32. The lowest BCUT2D eigenvalue weighted by molar-refractivity contribution is -0.117. The first-order valence-electron chi connectivity index (χ1n) is 7.46. The van der Waals surface area contributed by atoms with Gasteiger partial charge in [0, 0.05) is 12.7 Å². The third-order valence-electron chi connectivity index (χ3n) is 3.78. The molecule has 0 fully saturated rings. The third-order valence-corrected chi connectivity index (χ3v) is 4.06. The maximum atomic E-state index is 12.5. The van der Waals surface area contributed by atoms with E-state index in [2.05, 4.69) is 0 Å². The summed E-state index contributed by atoms with van der Waals surface area (Å²) in [5.74, 6) is 1.15. The smallest absolute Gasteiger partial charge is 0.231 e. The summed E-state index contributed by atoms with van der Waals surface area (Å²) >= 11 is 6.22. The van der Waals surface area contributed by atoms with Crippen LogP contribution in [0.3, 0.4) is 0 Å². The predicted octanol–water partition coefficient (Wildman–Crippen LogP) is 3.63. The average Bonchev–Trinajstić information content (AvgIpc) is 2.54. The monoisotopic (exact) mass is 331 g/mol. The number of ether oxygens (including phenoxy) is 2. The van der Waals surface area contributed by atoms with E-state index >= 15 is 0 Å².